The van der Waals surface area contributed by atoms with Gasteiger partial charge in [-0.15, -0.1) is 0 Å². The average molecular weight is 415 g/mol. The van der Waals surface area contributed by atoms with Gasteiger partial charge in [-0.3, -0.25) is 0 Å². The number of nitrogens with zero attached hydrogens (tertiary/aromatic N) is 7. The van der Waals surface area contributed by atoms with E-state index in [1.807, 2.05) is 18.3 Å². The molecule has 2 aliphatic rings. The van der Waals surface area contributed by atoms with E-state index in [4.69, 9.17) is 5.73 Å². The minimum Gasteiger partial charge on any atom is -0.384 e. The van der Waals surface area contributed by atoms with Crippen molar-refractivity contribution in [3.63, 3.8) is 0 Å². The fourth-order valence-corrected chi connectivity index (χ4v) is 3.39. The van der Waals surface area contributed by atoms with E-state index in [9.17, 15) is 10.1 Å². The number of nitrogens with two attached hydrogens (primary N) is 1. The number of nitro groups is 1. The highest BCUT2D eigenvalue weighted by atomic mass is 16.6. The van der Waals surface area contributed by atoms with Crippen LogP contribution in [0.4, 0.5) is 23.0 Å². The molecule has 0 aliphatic carbocycles. The molecule has 10 heteroatoms. The van der Waals surface area contributed by atoms with Gasteiger partial charge in [-0.05, 0) is 42.2 Å². The van der Waals surface area contributed by atoms with Crippen molar-refractivity contribution in [2.24, 2.45) is 0 Å². The van der Waals surface area contributed by atoms with E-state index >= 15 is 0 Å². The normalized spacial score (nSPS) is 17.9. The number of anilines is 3. The van der Waals surface area contributed by atoms with Crippen molar-refractivity contribution in [1.29, 1.82) is 0 Å². The van der Waals surface area contributed by atoms with Crippen LogP contribution >= 0.6 is 0 Å². The average Bonchev–Trinajstić information content (AvgIpc) is 2.76. The zero-order valence-electron chi connectivity index (χ0n) is 17.6. The molecule has 0 unspecified atom stereocenters. The van der Waals surface area contributed by atoms with Gasteiger partial charge in [0.05, 0.1) is 17.6 Å². The maximum atomic E-state index is 10.5. The standard InChI is InChI=1S/C10H14N4O2.C10H16N4/c1-12-4-6-13(7-5-12)9-2-3-10(11-8-9)14(15)16;1-13-4-6-14(7-5-13)9-2-3-10(11)12-8-9/h2-3,8H,4-7H2,1H3;2-3,8H,4-7H2,1H3,(H2,11,12). The Morgan fingerprint density at radius 1 is 0.800 bits per heavy atom. The van der Waals surface area contributed by atoms with Gasteiger partial charge in [0.1, 0.15) is 5.82 Å². The monoisotopic (exact) mass is 414 g/mol. The molecule has 2 fully saturated rings. The molecule has 0 amide bonds. The Kier molecular flexibility index (Phi) is 7.36. The molecular weight excluding hydrogens is 384 g/mol. The topological polar surface area (TPSA) is 108 Å². The molecule has 30 heavy (non-hydrogen) atoms. The van der Waals surface area contributed by atoms with Crippen LogP contribution in [-0.4, -0.2) is 91.1 Å². The van der Waals surface area contributed by atoms with E-state index in [2.05, 4.69) is 43.7 Å². The highest BCUT2D eigenvalue weighted by Gasteiger charge is 2.16. The molecule has 0 aromatic carbocycles. The summed E-state index contributed by atoms with van der Waals surface area (Å²) in [5.74, 6) is 0.487. The van der Waals surface area contributed by atoms with Gasteiger partial charge in [0.2, 0.25) is 0 Å². The quantitative estimate of drug-likeness (QED) is 0.584. The Balaban J connectivity index is 0.000000172. The summed E-state index contributed by atoms with van der Waals surface area (Å²) in [4.78, 5) is 27.0. The molecule has 2 aromatic rings. The van der Waals surface area contributed by atoms with Crippen LogP contribution in [0.25, 0.3) is 0 Å². The Bertz CT molecular complexity index is 799. The molecule has 2 aromatic heterocycles. The highest BCUT2D eigenvalue weighted by Crippen LogP contribution is 2.17. The summed E-state index contributed by atoms with van der Waals surface area (Å²) < 4.78 is 0. The van der Waals surface area contributed by atoms with Gasteiger partial charge in [-0.1, -0.05) is 0 Å². The molecule has 0 atom stereocenters. The Labute approximate surface area is 177 Å². The largest absolute Gasteiger partial charge is 0.384 e. The highest BCUT2D eigenvalue weighted by molar-refractivity contribution is 5.48. The molecule has 4 heterocycles. The van der Waals surface area contributed by atoms with Gasteiger partial charge in [0, 0.05) is 58.4 Å². The van der Waals surface area contributed by atoms with Gasteiger partial charge in [0.25, 0.3) is 0 Å². The fraction of sp³-hybridized carbons (Fsp3) is 0.500. The number of pyridine rings is 2. The lowest BCUT2D eigenvalue weighted by molar-refractivity contribution is -0.389. The number of hydrogen-bond acceptors (Lipinski definition) is 9. The van der Waals surface area contributed by atoms with E-state index in [0.717, 1.165) is 58.0 Å². The molecule has 2 aliphatic heterocycles. The molecule has 0 saturated carbocycles. The Morgan fingerprint density at radius 3 is 1.63 bits per heavy atom. The Hall–Kier alpha value is -2.98. The number of piperazine rings is 2. The summed E-state index contributed by atoms with van der Waals surface area (Å²) in [5.41, 5.74) is 7.67. The first-order valence-electron chi connectivity index (χ1n) is 10.1. The van der Waals surface area contributed by atoms with Gasteiger partial charge >= 0.3 is 5.82 Å². The van der Waals surface area contributed by atoms with Crippen molar-refractivity contribution in [3.05, 3.63) is 46.8 Å². The number of nitrogen functional groups attached to an aromatic ring is 1. The molecule has 162 valence electrons. The minimum absolute atomic E-state index is 0.0992. The second kappa shape index (κ2) is 10.2. The number of rotatable bonds is 3. The van der Waals surface area contributed by atoms with Crippen LogP contribution in [0.15, 0.2) is 36.7 Å². The predicted molar refractivity (Wildman–Crippen MR) is 119 cm³/mol. The van der Waals surface area contributed by atoms with Crippen molar-refractivity contribution < 1.29 is 4.92 Å². The zero-order valence-corrected chi connectivity index (χ0v) is 17.6. The van der Waals surface area contributed by atoms with Crippen LogP contribution in [0.1, 0.15) is 0 Å². The predicted octanol–water partition coefficient (Wildman–Crippen LogP) is 1.16. The number of hydrogen-bond donors (Lipinski definition) is 1. The second-order valence-corrected chi connectivity index (χ2v) is 7.65. The molecule has 4 rings (SSSR count). The number of aromatic nitrogens is 2. The smallest absolute Gasteiger partial charge is 0.363 e. The molecule has 2 saturated heterocycles. The van der Waals surface area contributed by atoms with Gasteiger partial charge < -0.3 is 35.4 Å². The maximum absolute atomic E-state index is 10.5. The van der Waals surface area contributed by atoms with E-state index in [0.29, 0.717) is 5.82 Å². The van der Waals surface area contributed by atoms with E-state index < -0.39 is 4.92 Å². The van der Waals surface area contributed by atoms with Crippen molar-refractivity contribution in [3.8, 4) is 0 Å². The van der Waals surface area contributed by atoms with Crippen LogP contribution < -0.4 is 15.5 Å². The third-order valence-electron chi connectivity index (χ3n) is 5.43. The van der Waals surface area contributed by atoms with Crippen LogP contribution in [0.3, 0.4) is 0 Å². The van der Waals surface area contributed by atoms with Crippen molar-refractivity contribution in [1.82, 2.24) is 19.8 Å². The van der Waals surface area contributed by atoms with Gasteiger partial charge in [-0.2, -0.15) is 0 Å². The molecule has 10 nitrogen and oxygen atoms in total. The summed E-state index contributed by atoms with van der Waals surface area (Å²) >= 11 is 0. The van der Waals surface area contributed by atoms with Crippen LogP contribution in [0, 0.1) is 10.1 Å². The third kappa shape index (κ3) is 6.01. The summed E-state index contributed by atoms with van der Waals surface area (Å²) in [6.07, 6.45) is 3.42. The minimum atomic E-state index is -0.478. The molecule has 2 N–H and O–H groups in total. The molecule has 0 bridgehead atoms. The van der Waals surface area contributed by atoms with Crippen LogP contribution in [0.2, 0.25) is 0 Å². The van der Waals surface area contributed by atoms with Gasteiger partial charge in [0.15, 0.2) is 6.20 Å². The third-order valence-corrected chi connectivity index (χ3v) is 5.43. The van der Waals surface area contributed by atoms with Crippen molar-refractivity contribution in [2.75, 3.05) is 82.0 Å². The van der Waals surface area contributed by atoms with E-state index in [1.165, 1.54) is 11.8 Å². The maximum Gasteiger partial charge on any atom is 0.363 e. The number of likely N-dealkylation sites (N-methyl/N-ethyl adjacent to an activating group) is 2. The summed E-state index contributed by atoms with van der Waals surface area (Å²) in [6.45, 7) is 8.28. The first-order valence-corrected chi connectivity index (χ1v) is 10.1. The van der Waals surface area contributed by atoms with Gasteiger partial charge in [-0.25, -0.2) is 4.98 Å². The zero-order chi connectivity index (χ0) is 21.5. The van der Waals surface area contributed by atoms with E-state index in [-0.39, 0.29) is 5.82 Å². The van der Waals surface area contributed by atoms with Crippen molar-refractivity contribution >= 4 is 23.0 Å². The molecule has 0 radical (unpaired) electrons. The first kappa shape index (κ1) is 21.7. The lowest BCUT2D eigenvalue weighted by atomic mass is 10.3. The van der Waals surface area contributed by atoms with Crippen molar-refractivity contribution in [2.45, 2.75) is 0 Å². The lowest BCUT2D eigenvalue weighted by Crippen LogP contribution is -2.44. The second-order valence-electron chi connectivity index (χ2n) is 7.65. The summed E-state index contributed by atoms with van der Waals surface area (Å²) in [5, 5.41) is 10.5. The fourth-order valence-electron chi connectivity index (χ4n) is 3.39. The van der Waals surface area contributed by atoms with Crippen LogP contribution in [-0.2, 0) is 0 Å². The summed E-state index contributed by atoms with van der Waals surface area (Å²) in [6, 6.07) is 7.10. The lowest BCUT2D eigenvalue weighted by Gasteiger charge is -2.33. The SMILES string of the molecule is CN1CCN(c2ccc(N)nc2)CC1.CN1CCN(c2ccc([N+](=O)[O-])nc2)CC1. The summed E-state index contributed by atoms with van der Waals surface area (Å²) in [7, 11) is 4.24. The molecule has 0 spiro atoms. The molecular formula is C20H30N8O2. The first-order chi connectivity index (χ1) is 14.4. The van der Waals surface area contributed by atoms with E-state index in [1.54, 1.807) is 12.3 Å². The van der Waals surface area contributed by atoms with Crippen LogP contribution in [0.5, 0.6) is 0 Å². The Morgan fingerprint density at radius 2 is 1.27 bits per heavy atom.